The van der Waals surface area contributed by atoms with Gasteiger partial charge in [0.25, 0.3) is 0 Å². The predicted molar refractivity (Wildman–Crippen MR) is 90.9 cm³/mol. The Morgan fingerprint density at radius 1 is 1.40 bits per heavy atom. The molecule has 1 saturated carbocycles. The van der Waals surface area contributed by atoms with E-state index in [1.165, 1.54) is 0 Å². The normalized spacial score (nSPS) is 45.2. The molecule has 0 aromatic heterocycles. The van der Waals surface area contributed by atoms with E-state index >= 15 is 0 Å². The van der Waals surface area contributed by atoms with Gasteiger partial charge >= 0.3 is 5.97 Å². The number of rotatable bonds is 2. The molecule has 2 saturated heterocycles. The zero-order valence-corrected chi connectivity index (χ0v) is 15.8. The predicted octanol–water partition coefficient (Wildman–Crippen LogP) is 2.82. The molecule has 2 aliphatic heterocycles. The number of carbonyl (C=O) groups excluding carboxylic acids is 2. The second-order valence-corrected chi connectivity index (χ2v) is 9.53. The van der Waals surface area contributed by atoms with Crippen LogP contribution in [-0.4, -0.2) is 42.8 Å². The van der Waals surface area contributed by atoms with Crippen LogP contribution in [0.4, 0.5) is 0 Å². The van der Waals surface area contributed by atoms with Crippen molar-refractivity contribution in [3.05, 3.63) is 11.6 Å². The molecular formula is C20H28O5. The maximum absolute atomic E-state index is 12.6. The molecule has 3 unspecified atom stereocenters. The average Bonchev–Trinajstić information content (AvgIpc) is 3.28. The fraction of sp³-hybridized carbons (Fsp3) is 0.800. The molecular weight excluding hydrogens is 320 g/mol. The van der Waals surface area contributed by atoms with E-state index in [2.05, 4.69) is 6.92 Å². The second-order valence-electron chi connectivity index (χ2n) is 9.53. The van der Waals surface area contributed by atoms with E-state index < -0.39 is 10.8 Å². The molecule has 5 nitrogen and oxygen atoms in total. The first-order chi connectivity index (χ1) is 11.6. The van der Waals surface area contributed by atoms with E-state index in [1.54, 1.807) is 0 Å². The van der Waals surface area contributed by atoms with Crippen molar-refractivity contribution in [1.82, 2.24) is 0 Å². The highest BCUT2D eigenvalue weighted by Gasteiger charge is 2.79. The van der Waals surface area contributed by atoms with Crippen LogP contribution in [0.15, 0.2) is 11.6 Å². The minimum atomic E-state index is -0.570. The third-order valence-corrected chi connectivity index (χ3v) is 7.16. The van der Waals surface area contributed by atoms with E-state index in [0.29, 0.717) is 13.0 Å². The Bertz CT molecular complexity index is 668. The number of hydrogen-bond donors (Lipinski definition) is 0. The van der Waals surface area contributed by atoms with Crippen LogP contribution < -0.4 is 0 Å². The first-order valence-corrected chi connectivity index (χ1v) is 9.24. The highest BCUT2D eigenvalue weighted by atomic mass is 16.6. The van der Waals surface area contributed by atoms with E-state index in [1.807, 2.05) is 33.8 Å². The maximum atomic E-state index is 12.6. The summed E-state index contributed by atoms with van der Waals surface area (Å²) in [5, 5.41) is 0. The molecule has 2 bridgehead atoms. The Morgan fingerprint density at radius 3 is 2.68 bits per heavy atom. The van der Waals surface area contributed by atoms with Crippen LogP contribution in [0.2, 0.25) is 0 Å². The van der Waals surface area contributed by atoms with Crippen molar-refractivity contribution in [3.63, 3.8) is 0 Å². The third kappa shape index (κ3) is 2.08. The number of ether oxygens (including phenoxy) is 3. The van der Waals surface area contributed by atoms with Crippen molar-refractivity contribution in [2.75, 3.05) is 13.2 Å². The molecule has 5 heteroatoms. The molecule has 2 aliphatic carbocycles. The van der Waals surface area contributed by atoms with Crippen molar-refractivity contribution in [3.8, 4) is 0 Å². The lowest BCUT2D eigenvalue weighted by atomic mass is 9.52. The Kier molecular flexibility index (Phi) is 3.41. The van der Waals surface area contributed by atoms with Crippen molar-refractivity contribution in [1.29, 1.82) is 0 Å². The summed E-state index contributed by atoms with van der Waals surface area (Å²) in [6.07, 6.45) is 4.04. The van der Waals surface area contributed by atoms with E-state index in [0.717, 1.165) is 18.4 Å². The van der Waals surface area contributed by atoms with Crippen LogP contribution in [0.1, 0.15) is 53.9 Å². The van der Waals surface area contributed by atoms with Gasteiger partial charge in [0.15, 0.2) is 5.78 Å². The van der Waals surface area contributed by atoms with Crippen molar-refractivity contribution >= 4 is 11.8 Å². The number of epoxide rings is 1. The number of allylic oxidation sites excluding steroid dienone is 1. The summed E-state index contributed by atoms with van der Waals surface area (Å²) >= 11 is 0. The average molecular weight is 348 g/mol. The minimum absolute atomic E-state index is 0.0752. The van der Waals surface area contributed by atoms with Crippen molar-refractivity contribution in [2.45, 2.75) is 71.7 Å². The fourth-order valence-electron chi connectivity index (χ4n) is 5.22. The van der Waals surface area contributed by atoms with Crippen LogP contribution in [0.3, 0.4) is 0 Å². The zero-order chi connectivity index (χ0) is 18.3. The largest absolute Gasteiger partial charge is 0.465 e. The number of Topliss-reactive ketones (excluding diaryl/α,β-unsaturated/α-hetero) is 1. The summed E-state index contributed by atoms with van der Waals surface area (Å²) in [4.78, 5) is 25.1. The molecule has 138 valence electrons. The molecule has 1 spiro atoms. The number of esters is 1. The van der Waals surface area contributed by atoms with Crippen LogP contribution in [0, 0.1) is 16.2 Å². The standard InChI is InChI=1S/C20H28O5/c1-12-8-15-19(9-13(12)21,10-23-16(22)17(2,3)4)18(5)7-6-14(25-15)20(18)11-24-20/h8,14-15H,6-7,9-11H2,1-5H3/t14?,15-,18?,19-,20?/m1/s1. The minimum Gasteiger partial charge on any atom is -0.465 e. The van der Waals surface area contributed by atoms with Gasteiger partial charge in [-0.15, -0.1) is 0 Å². The smallest absolute Gasteiger partial charge is 0.311 e. The van der Waals surface area contributed by atoms with E-state index in [4.69, 9.17) is 14.2 Å². The van der Waals surface area contributed by atoms with Gasteiger partial charge in [0, 0.05) is 17.3 Å². The Morgan fingerprint density at radius 2 is 2.08 bits per heavy atom. The van der Waals surface area contributed by atoms with Gasteiger partial charge in [0.05, 0.1) is 24.2 Å². The lowest BCUT2D eigenvalue weighted by Crippen LogP contribution is -2.65. The summed E-state index contributed by atoms with van der Waals surface area (Å²) in [5.74, 6) is -0.122. The van der Waals surface area contributed by atoms with Gasteiger partial charge in [-0.1, -0.05) is 6.92 Å². The molecule has 0 aromatic carbocycles. The van der Waals surface area contributed by atoms with Gasteiger partial charge in [0.2, 0.25) is 0 Å². The Balaban J connectivity index is 1.74. The summed E-state index contributed by atoms with van der Waals surface area (Å²) in [5.41, 5.74) is -0.902. The van der Waals surface area contributed by atoms with Crippen molar-refractivity contribution in [2.24, 2.45) is 16.2 Å². The monoisotopic (exact) mass is 348 g/mol. The lowest BCUT2D eigenvalue weighted by Gasteiger charge is -2.57. The van der Waals surface area contributed by atoms with Gasteiger partial charge in [-0.25, -0.2) is 0 Å². The molecule has 25 heavy (non-hydrogen) atoms. The molecule has 3 fully saturated rings. The molecule has 0 amide bonds. The molecule has 4 aliphatic rings. The summed E-state index contributed by atoms with van der Waals surface area (Å²) in [6, 6.07) is 0. The van der Waals surface area contributed by atoms with Crippen molar-refractivity contribution < 1.29 is 23.8 Å². The Labute approximate surface area is 149 Å². The number of hydrogen-bond acceptors (Lipinski definition) is 5. The van der Waals surface area contributed by atoms with Crippen LogP contribution >= 0.6 is 0 Å². The molecule has 0 radical (unpaired) electrons. The van der Waals surface area contributed by atoms with Gasteiger partial charge in [0.1, 0.15) is 12.2 Å². The summed E-state index contributed by atoms with van der Waals surface area (Å²) in [7, 11) is 0. The van der Waals surface area contributed by atoms with Gasteiger partial charge in [-0.2, -0.15) is 0 Å². The van der Waals surface area contributed by atoms with Crippen LogP contribution in [0.5, 0.6) is 0 Å². The summed E-state index contributed by atoms with van der Waals surface area (Å²) < 4.78 is 18.1. The zero-order valence-electron chi connectivity index (χ0n) is 15.8. The fourth-order valence-corrected chi connectivity index (χ4v) is 5.22. The maximum Gasteiger partial charge on any atom is 0.311 e. The van der Waals surface area contributed by atoms with Gasteiger partial charge in [-0.3, -0.25) is 9.59 Å². The summed E-state index contributed by atoms with van der Waals surface area (Å²) in [6.45, 7) is 10.5. The molecule has 4 rings (SSSR count). The molecule has 5 atom stereocenters. The number of carbonyl (C=O) groups is 2. The topological polar surface area (TPSA) is 65.1 Å². The highest BCUT2D eigenvalue weighted by molar-refractivity contribution is 5.96. The lowest BCUT2D eigenvalue weighted by molar-refractivity contribution is -0.218. The van der Waals surface area contributed by atoms with E-state index in [9.17, 15) is 9.59 Å². The van der Waals surface area contributed by atoms with Crippen LogP contribution in [0.25, 0.3) is 0 Å². The number of fused-ring (bicyclic) bond motifs is 2. The molecule has 0 N–H and O–H groups in total. The Hall–Kier alpha value is -1.20. The molecule has 2 heterocycles. The first kappa shape index (κ1) is 17.2. The molecule has 0 aromatic rings. The van der Waals surface area contributed by atoms with Crippen LogP contribution in [-0.2, 0) is 23.8 Å². The highest BCUT2D eigenvalue weighted by Crippen LogP contribution is 2.71. The SMILES string of the molecule is CC1=C[C@H]2OC3CCC(C)(C34CO4)[C@@]2(COC(=O)C(C)(C)C)CC1=O. The second kappa shape index (κ2) is 4.95. The number of ketones is 1. The van der Waals surface area contributed by atoms with E-state index in [-0.39, 0.29) is 41.6 Å². The first-order valence-electron chi connectivity index (χ1n) is 9.24. The third-order valence-electron chi connectivity index (χ3n) is 7.16. The van der Waals surface area contributed by atoms with Gasteiger partial charge < -0.3 is 14.2 Å². The quantitative estimate of drug-likeness (QED) is 0.567. The van der Waals surface area contributed by atoms with Gasteiger partial charge in [-0.05, 0) is 52.2 Å².